The minimum absolute atomic E-state index is 0.0754. The molecule has 4 nitrogen and oxygen atoms in total. The highest BCUT2D eigenvalue weighted by Gasteiger charge is 2.27. The minimum Gasteiger partial charge on any atom is -0.340 e. The van der Waals surface area contributed by atoms with Crippen LogP contribution >= 0.6 is 0 Å². The van der Waals surface area contributed by atoms with E-state index in [1.54, 1.807) is 0 Å². The maximum atomic E-state index is 12.8. The summed E-state index contributed by atoms with van der Waals surface area (Å²) in [6.07, 6.45) is 1.81. The topological polar surface area (TPSA) is 35.6 Å². The predicted octanol–water partition coefficient (Wildman–Crippen LogP) is 1.50. The van der Waals surface area contributed by atoms with E-state index in [1.165, 1.54) is 11.1 Å². The summed E-state index contributed by atoms with van der Waals surface area (Å²) in [5.74, 6) is 0.244. The normalized spacial score (nSPS) is 17.6. The number of benzene rings is 1. The Morgan fingerprint density at radius 1 is 1.19 bits per heavy atom. The molecule has 1 atom stereocenters. The molecule has 1 N–H and O–H groups in total. The lowest BCUT2D eigenvalue weighted by molar-refractivity contribution is -0.133. The summed E-state index contributed by atoms with van der Waals surface area (Å²) in [4.78, 5) is 16.9. The summed E-state index contributed by atoms with van der Waals surface area (Å²) in [5.41, 5.74) is 2.62. The molecule has 1 aliphatic heterocycles. The number of carbonyl (C=O) groups is 1. The molecule has 1 aromatic rings. The van der Waals surface area contributed by atoms with Crippen LogP contribution in [0.2, 0.25) is 0 Å². The third-order valence-electron chi connectivity index (χ3n) is 4.00. The van der Waals surface area contributed by atoms with Crippen LogP contribution in [0, 0.1) is 0 Å². The molecule has 116 valence electrons. The average molecular weight is 289 g/mol. The summed E-state index contributed by atoms with van der Waals surface area (Å²) in [6.45, 7) is 5.47. The van der Waals surface area contributed by atoms with E-state index >= 15 is 0 Å². The fourth-order valence-electron chi connectivity index (χ4n) is 2.77. The van der Waals surface area contributed by atoms with Crippen LogP contribution < -0.4 is 5.32 Å². The Hall–Kier alpha value is -1.39. The molecule has 1 heterocycles. The number of nitrogens with zero attached hydrogens (tertiary/aromatic N) is 2. The molecule has 0 saturated heterocycles. The first-order valence-electron chi connectivity index (χ1n) is 7.85. The highest BCUT2D eigenvalue weighted by atomic mass is 16.2. The van der Waals surface area contributed by atoms with Gasteiger partial charge in [0.15, 0.2) is 0 Å². The van der Waals surface area contributed by atoms with Crippen LogP contribution in [0.15, 0.2) is 24.3 Å². The van der Waals surface area contributed by atoms with Crippen molar-refractivity contribution in [2.45, 2.75) is 32.4 Å². The van der Waals surface area contributed by atoms with E-state index < -0.39 is 0 Å². The van der Waals surface area contributed by atoms with Gasteiger partial charge in [0.05, 0.1) is 6.04 Å². The second-order valence-corrected chi connectivity index (χ2v) is 6.03. The monoisotopic (exact) mass is 289 g/mol. The van der Waals surface area contributed by atoms with Crippen molar-refractivity contribution in [1.82, 2.24) is 15.1 Å². The lowest BCUT2D eigenvalue weighted by atomic mass is 9.95. The number of hydrogen-bond donors (Lipinski definition) is 1. The Bertz CT molecular complexity index is 473. The van der Waals surface area contributed by atoms with E-state index in [0.29, 0.717) is 0 Å². The maximum Gasteiger partial charge on any atom is 0.240 e. The Morgan fingerprint density at radius 2 is 1.90 bits per heavy atom. The van der Waals surface area contributed by atoms with Crippen molar-refractivity contribution in [2.75, 3.05) is 33.7 Å². The molecule has 0 fully saturated rings. The lowest BCUT2D eigenvalue weighted by Crippen LogP contribution is -2.50. The molecular weight excluding hydrogens is 262 g/mol. The third kappa shape index (κ3) is 4.29. The van der Waals surface area contributed by atoms with Gasteiger partial charge in [-0.25, -0.2) is 0 Å². The summed E-state index contributed by atoms with van der Waals surface area (Å²) < 4.78 is 0. The molecule has 1 aromatic carbocycles. The molecule has 0 spiro atoms. The van der Waals surface area contributed by atoms with Gasteiger partial charge in [-0.15, -0.1) is 0 Å². The Kier molecular flexibility index (Phi) is 5.76. The molecule has 0 aromatic heterocycles. The van der Waals surface area contributed by atoms with Crippen molar-refractivity contribution in [1.29, 1.82) is 0 Å². The first-order chi connectivity index (χ1) is 10.1. The van der Waals surface area contributed by atoms with Crippen LogP contribution in [0.25, 0.3) is 0 Å². The fraction of sp³-hybridized carbons (Fsp3) is 0.588. The second-order valence-electron chi connectivity index (χ2n) is 6.03. The zero-order valence-corrected chi connectivity index (χ0v) is 13.4. The van der Waals surface area contributed by atoms with E-state index in [9.17, 15) is 4.79 Å². The predicted molar refractivity (Wildman–Crippen MR) is 86.2 cm³/mol. The number of fused-ring (bicyclic) bond motifs is 1. The molecular formula is C17H27N3O. The van der Waals surface area contributed by atoms with Crippen LogP contribution in [-0.2, 0) is 17.8 Å². The molecule has 1 unspecified atom stereocenters. The Labute approximate surface area is 128 Å². The number of carbonyl (C=O) groups excluding carboxylic acids is 1. The SMILES string of the molecule is CCCN(CCN(C)C)C(=O)C1Cc2ccccc2CN1. The highest BCUT2D eigenvalue weighted by Crippen LogP contribution is 2.17. The first-order valence-corrected chi connectivity index (χ1v) is 7.85. The Balaban J connectivity index is 2.01. The molecule has 0 radical (unpaired) electrons. The first kappa shape index (κ1) is 16.0. The van der Waals surface area contributed by atoms with Crippen LogP contribution in [0.1, 0.15) is 24.5 Å². The van der Waals surface area contributed by atoms with Gasteiger partial charge in [0.2, 0.25) is 5.91 Å². The zero-order chi connectivity index (χ0) is 15.2. The Morgan fingerprint density at radius 3 is 2.57 bits per heavy atom. The van der Waals surface area contributed by atoms with Crippen molar-refractivity contribution < 1.29 is 4.79 Å². The molecule has 0 saturated carbocycles. The minimum atomic E-state index is -0.0754. The summed E-state index contributed by atoms with van der Waals surface area (Å²) in [5, 5.41) is 3.40. The van der Waals surface area contributed by atoms with Crippen molar-refractivity contribution in [3.8, 4) is 0 Å². The molecule has 0 bridgehead atoms. The molecule has 4 heteroatoms. The van der Waals surface area contributed by atoms with Gasteiger partial charge in [0, 0.05) is 26.2 Å². The van der Waals surface area contributed by atoms with E-state index in [0.717, 1.165) is 39.0 Å². The molecule has 21 heavy (non-hydrogen) atoms. The van der Waals surface area contributed by atoms with Crippen LogP contribution in [0.5, 0.6) is 0 Å². The summed E-state index contributed by atoms with van der Waals surface area (Å²) >= 11 is 0. The number of amides is 1. The molecule has 1 aliphatic rings. The van der Waals surface area contributed by atoms with Gasteiger partial charge in [0.25, 0.3) is 0 Å². The summed E-state index contributed by atoms with van der Waals surface area (Å²) in [7, 11) is 4.09. The van der Waals surface area contributed by atoms with Crippen LogP contribution in [-0.4, -0.2) is 55.5 Å². The van der Waals surface area contributed by atoms with Crippen molar-refractivity contribution in [3.63, 3.8) is 0 Å². The van der Waals surface area contributed by atoms with Crippen LogP contribution in [0.4, 0.5) is 0 Å². The van der Waals surface area contributed by atoms with Gasteiger partial charge in [-0.3, -0.25) is 4.79 Å². The standard InChI is InChI=1S/C17H27N3O/c1-4-9-20(11-10-19(2)3)17(21)16-12-14-7-5-6-8-15(14)13-18-16/h5-8,16,18H,4,9-13H2,1-3H3. The lowest BCUT2D eigenvalue weighted by Gasteiger charge is -2.31. The largest absolute Gasteiger partial charge is 0.340 e. The van der Waals surface area contributed by atoms with Gasteiger partial charge in [0.1, 0.15) is 0 Å². The van der Waals surface area contributed by atoms with Crippen molar-refractivity contribution in [2.24, 2.45) is 0 Å². The van der Waals surface area contributed by atoms with Crippen molar-refractivity contribution >= 4 is 5.91 Å². The fourth-order valence-corrected chi connectivity index (χ4v) is 2.77. The van der Waals surface area contributed by atoms with Gasteiger partial charge in [-0.1, -0.05) is 31.2 Å². The van der Waals surface area contributed by atoms with E-state index in [-0.39, 0.29) is 11.9 Å². The molecule has 1 amide bonds. The van der Waals surface area contributed by atoms with Crippen LogP contribution in [0.3, 0.4) is 0 Å². The average Bonchev–Trinajstić information content (AvgIpc) is 2.50. The zero-order valence-electron chi connectivity index (χ0n) is 13.4. The van der Waals surface area contributed by atoms with Gasteiger partial charge in [-0.05, 0) is 38.1 Å². The number of likely N-dealkylation sites (N-methyl/N-ethyl adjacent to an activating group) is 1. The van der Waals surface area contributed by atoms with E-state index in [4.69, 9.17) is 0 Å². The van der Waals surface area contributed by atoms with Gasteiger partial charge in [-0.2, -0.15) is 0 Å². The number of rotatable bonds is 6. The van der Waals surface area contributed by atoms with E-state index in [2.05, 4.69) is 41.4 Å². The van der Waals surface area contributed by atoms with Gasteiger partial charge < -0.3 is 15.1 Å². The van der Waals surface area contributed by atoms with E-state index in [1.807, 2.05) is 19.0 Å². The quantitative estimate of drug-likeness (QED) is 0.862. The smallest absolute Gasteiger partial charge is 0.240 e. The van der Waals surface area contributed by atoms with Gasteiger partial charge >= 0.3 is 0 Å². The van der Waals surface area contributed by atoms with Crippen molar-refractivity contribution in [3.05, 3.63) is 35.4 Å². The molecule has 2 rings (SSSR count). The number of hydrogen-bond acceptors (Lipinski definition) is 3. The second kappa shape index (κ2) is 7.57. The highest BCUT2D eigenvalue weighted by molar-refractivity contribution is 5.82. The summed E-state index contributed by atoms with van der Waals surface area (Å²) in [6, 6.07) is 8.32. The molecule has 0 aliphatic carbocycles. The maximum absolute atomic E-state index is 12.8. The third-order valence-corrected chi connectivity index (χ3v) is 4.00. The number of nitrogens with one attached hydrogen (secondary N) is 1.